The highest BCUT2D eigenvalue weighted by molar-refractivity contribution is 5.77. The summed E-state index contributed by atoms with van der Waals surface area (Å²) in [7, 11) is 1.61. The quantitative estimate of drug-likeness (QED) is 0.835. The van der Waals surface area contributed by atoms with Crippen molar-refractivity contribution < 1.29 is 4.74 Å². The number of anilines is 1. The molecule has 1 aromatic carbocycles. The number of methoxy groups -OCH3 is 1. The zero-order valence-corrected chi connectivity index (χ0v) is 11.5. The first-order valence-electron chi connectivity index (χ1n) is 6.39. The van der Waals surface area contributed by atoms with Gasteiger partial charge in [0.2, 0.25) is 0 Å². The van der Waals surface area contributed by atoms with Gasteiger partial charge < -0.3 is 10.5 Å². The van der Waals surface area contributed by atoms with Gasteiger partial charge in [-0.1, -0.05) is 19.4 Å². The molecule has 0 aliphatic heterocycles. The summed E-state index contributed by atoms with van der Waals surface area (Å²) in [6.07, 6.45) is 2.08. The van der Waals surface area contributed by atoms with Crippen molar-refractivity contribution in [3.05, 3.63) is 18.2 Å². The maximum absolute atomic E-state index is 6.04. The number of hydrogen-bond acceptors (Lipinski definition) is 5. The number of tetrazole rings is 1. The van der Waals surface area contributed by atoms with Gasteiger partial charge in [0.25, 0.3) is 0 Å². The van der Waals surface area contributed by atoms with E-state index < -0.39 is 0 Å². The van der Waals surface area contributed by atoms with Gasteiger partial charge in [-0.25, -0.2) is 4.68 Å². The van der Waals surface area contributed by atoms with Gasteiger partial charge in [-0.15, -0.1) is 5.10 Å². The molecule has 6 nitrogen and oxygen atoms in total. The van der Waals surface area contributed by atoms with Crippen molar-refractivity contribution in [3.63, 3.8) is 0 Å². The molecule has 1 aromatic heterocycles. The highest BCUT2D eigenvalue weighted by Gasteiger charge is 2.19. The maximum atomic E-state index is 6.04. The van der Waals surface area contributed by atoms with Crippen LogP contribution in [-0.4, -0.2) is 27.3 Å². The van der Waals surface area contributed by atoms with E-state index in [1.165, 1.54) is 0 Å². The van der Waals surface area contributed by atoms with E-state index in [9.17, 15) is 0 Å². The van der Waals surface area contributed by atoms with Crippen LogP contribution in [0.15, 0.2) is 18.2 Å². The molecule has 1 atom stereocenters. The molecular formula is C13H19N5O. The van der Waals surface area contributed by atoms with Gasteiger partial charge in [-0.05, 0) is 35.9 Å². The van der Waals surface area contributed by atoms with Gasteiger partial charge in [-0.3, -0.25) is 0 Å². The van der Waals surface area contributed by atoms with E-state index in [-0.39, 0.29) is 6.04 Å². The van der Waals surface area contributed by atoms with Crippen molar-refractivity contribution >= 4 is 5.69 Å². The Kier molecular flexibility index (Phi) is 3.99. The zero-order chi connectivity index (χ0) is 13.8. The van der Waals surface area contributed by atoms with Crippen LogP contribution in [0.4, 0.5) is 5.69 Å². The molecule has 0 amide bonds. The highest BCUT2D eigenvalue weighted by atomic mass is 16.5. The molecule has 0 radical (unpaired) electrons. The van der Waals surface area contributed by atoms with Crippen LogP contribution in [0.5, 0.6) is 5.75 Å². The summed E-state index contributed by atoms with van der Waals surface area (Å²) in [5.41, 5.74) is 7.40. The van der Waals surface area contributed by atoms with Gasteiger partial charge in [0.15, 0.2) is 5.82 Å². The fourth-order valence-corrected chi connectivity index (χ4v) is 2.15. The Morgan fingerprint density at radius 2 is 2.21 bits per heavy atom. The molecule has 2 N–H and O–H groups in total. The van der Waals surface area contributed by atoms with Gasteiger partial charge >= 0.3 is 0 Å². The number of nitrogen functional groups attached to an aromatic ring is 1. The van der Waals surface area contributed by atoms with Crippen LogP contribution in [0.3, 0.4) is 0 Å². The third kappa shape index (κ3) is 2.52. The Hall–Kier alpha value is -2.11. The van der Waals surface area contributed by atoms with E-state index in [4.69, 9.17) is 10.5 Å². The number of nitrogens with zero attached hydrogens (tertiary/aromatic N) is 4. The van der Waals surface area contributed by atoms with E-state index in [1.54, 1.807) is 11.8 Å². The summed E-state index contributed by atoms with van der Waals surface area (Å²) in [5.74, 6) is 1.33. The van der Waals surface area contributed by atoms with Gasteiger partial charge in [0.1, 0.15) is 5.75 Å². The Balaban J connectivity index is 2.51. The smallest absolute Gasteiger partial charge is 0.188 e. The van der Waals surface area contributed by atoms with E-state index in [1.807, 2.05) is 18.2 Å². The van der Waals surface area contributed by atoms with E-state index in [2.05, 4.69) is 29.4 Å². The Morgan fingerprint density at radius 1 is 1.42 bits per heavy atom. The summed E-state index contributed by atoms with van der Waals surface area (Å²) in [5, 5.41) is 11.9. The molecule has 2 aromatic rings. The van der Waals surface area contributed by atoms with Crippen molar-refractivity contribution in [2.45, 2.75) is 32.7 Å². The lowest BCUT2D eigenvalue weighted by Gasteiger charge is -2.15. The largest absolute Gasteiger partial charge is 0.496 e. The number of nitrogens with two attached hydrogens (primary N) is 1. The van der Waals surface area contributed by atoms with Crippen LogP contribution < -0.4 is 10.5 Å². The SMILES string of the molecule is CCCC(C)n1nnnc1-c1c(N)cccc1OC. The first kappa shape index (κ1) is 13.3. The third-order valence-electron chi connectivity index (χ3n) is 3.12. The molecule has 0 fully saturated rings. The molecule has 102 valence electrons. The molecule has 0 aliphatic rings. The summed E-state index contributed by atoms with van der Waals surface area (Å²) >= 11 is 0. The predicted molar refractivity (Wildman–Crippen MR) is 73.8 cm³/mol. The summed E-state index contributed by atoms with van der Waals surface area (Å²) in [6, 6.07) is 5.75. The Labute approximate surface area is 112 Å². The van der Waals surface area contributed by atoms with Crippen LogP contribution in [0.1, 0.15) is 32.7 Å². The van der Waals surface area contributed by atoms with E-state index in [0.717, 1.165) is 18.4 Å². The summed E-state index contributed by atoms with van der Waals surface area (Å²) < 4.78 is 7.16. The second-order valence-electron chi connectivity index (χ2n) is 4.51. The minimum atomic E-state index is 0.222. The molecule has 0 saturated heterocycles. The molecule has 19 heavy (non-hydrogen) atoms. The Bertz CT molecular complexity index is 552. The number of hydrogen-bond donors (Lipinski definition) is 1. The molecule has 1 heterocycles. The average Bonchev–Trinajstić information content (AvgIpc) is 2.87. The lowest BCUT2D eigenvalue weighted by atomic mass is 10.1. The second kappa shape index (κ2) is 5.69. The van der Waals surface area contributed by atoms with Crippen molar-refractivity contribution in [3.8, 4) is 17.1 Å². The topological polar surface area (TPSA) is 78.9 Å². The van der Waals surface area contributed by atoms with Crippen molar-refractivity contribution in [1.29, 1.82) is 0 Å². The summed E-state index contributed by atoms with van der Waals surface area (Å²) in [4.78, 5) is 0. The minimum absolute atomic E-state index is 0.222. The van der Waals surface area contributed by atoms with Crippen LogP contribution in [0, 0.1) is 0 Å². The predicted octanol–water partition coefficient (Wildman–Crippen LogP) is 2.29. The van der Waals surface area contributed by atoms with Crippen molar-refractivity contribution in [1.82, 2.24) is 20.2 Å². The van der Waals surface area contributed by atoms with Crippen LogP contribution in [0.25, 0.3) is 11.4 Å². The fourth-order valence-electron chi connectivity index (χ4n) is 2.15. The molecule has 1 unspecified atom stereocenters. The monoisotopic (exact) mass is 261 g/mol. The molecule has 2 rings (SSSR count). The first-order valence-corrected chi connectivity index (χ1v) is 6.39. The minimum Gasteiger partial charge on any atom is -0.496 e. The number of rotatable bonds is 5. The van der Waals surface area contributed by atoms with Crippen LogP contribution in [0.2, 0.25) is 0 Å². The molecule has 0 spiro atoms. The molecular weight excluding hydrogens is 242 g/mol. The highest BCUT2D eigenvalue weighted by Crippen LogP contribution is 2.34. The van der Waals surface area contributed by atoms with Crippen molar-refractivity contribution in [2.24, 2.45) is 0 Å². The average molecular weight is 261 g/mol. The molecule has 6 heteroatoms. The van der Waals surface area contributed by atoms with Crippen LogP contribution >= 0.6 is 0 Å². The standard InChI is InChI=1S/C13H19N5O/c1-4-6-9(2)18-13(15-16-17-18)12-10(14)7-5-8-11(12)19-3/h5,7-9H,4,6,14H2,1-3H3. The Morgan fingerprint density at radius 3 is 2.89 bits per heavy atom. The third-order valence-corrected chi connectivity index (χ3v) is 3.12. The fraction of sp³-hybridized carbons (Fsp3) is 0.462. The lowest BCUT2D eigenvalue weighted by Crippen LogP contribution is -2.10. The zero-order valence-electron chi connectivity index (χ0n) is 11.5. The number of benzene rings is 1. The van der Waals surface area contributed by atoms with Crippen molar-refractivity contribution in [2.75, 3.05) is 12.8 Å². The van der Waals surface area contributed by atoms with Gasteiger partial charge in [0.05, 0.1) is 18.7 Å². The molecule has 0 saturated carbocycles. The maximum Gasteiger partial charge on any atom is 0.188 e. The molecule has 0 aliphatic carbocycles. The first-order chi connectivity index (χ1) is 9.19. The van der Waals surface area contributed by atoms with E-state index >= 15 is 0 Å². The number of ether oxygens (including phenoxy) is 1. The molecule has 0 bridgehead atoms. The van der Waals surface area contributed by atoms with Gasteiger partial charge in [-0.2, -0.15) is 0 Å². The van der Waals surface area contributed by atoms with Gasteiger partial charge in [0, 0.05) is 5.69 Å². The number of aromatic nitrogens is 4. The second-order valence-corrected chi connectivity index (χ2v) is 4.51. The lowest BCUT2D eigenvalue weighted by molar-refractivity contribution is 0.414. The normalized spacial score (nSPS) is 12.4. The van der Waals surface area contributed by atoms with Crippen LogP contribution in [-0.2, 0) is 0 Å². The summed E-state index contributed by atoms with van der Waals surface area (Å²) in [6.45, 7) is 4.23. The van der Waals surface area contributed by atoms with E-state index in [0.29, 0.717) is 17.3 Å².